The SMILES string of the molecule is C/C=C\c1ccc2n(c1=O)C[C@@H]1[C@@H](CO)[C@H](C(=O)NCCc3ccccc3)N(CCC)[C@H]21. The zero-order valence-corrected chi connectivity index (χ0v) is 18.9. The number of rotatable bonds is 8. The fourth-order valence-electron chi connectivity index (χ4n) is 5.53. The number of carbonyl (C=O) groups excluding carboxylic acids is 1. The number of amides is 1. The van der Waals surface area contributed by atoms with Gasteiger partial charge in [0.15, 0.2) is 0 Å². The summed E-state index contributed by atoms with van der Waals surface area (Å²) < 4.78 is 1.85. The smallest absolute Gasteiger partial charge is 0.258 e. The standard InChI is InChI=1S/C26H33N3O3/c1-3-8-19-11-12-22-23-20(16-29(22)26(19)32)21(17-30)24(28(23)15-4-2)25(31)27-14-13-18-9-6-5-7-10-18/h3,5-12,20-21,23-24,30H,4,13-17H2,1-2H3,(H,27,31)/b8-3-/t20-,21-,23+,24-/m1/s1. The van der Waals surface area contributed by atoms with Gasteiger partial charge in [-0.2, -0.15) is 0 Å². The van der Waals surface area contributed by atoms with Gasteiger partial charge in [-0.05, 0) is 44.0 Å². The maximum absolute atomic E-state index is 13.3. The molecule has 3 heterocycles. The number of aliphatic hydroxyl groups is 1. The Morgan fingerprint density at radius 2 is 2.00 bits per heavy atom. The van der Waals surface area contributed by atoms with Gasteiger partial charge in [-0.15, -0.1) is 0 Å². The molecule has 2 aromatic rings. The summed E-state index contributed by atoms with van der Waals surface area (Å²) in [7, 11) is 0. The molecule has 1 aromatic carbocycles. The molecule has 0 spiro atoms. The first-order chi connectivity index (χ1) is 15.6. The van der Waals surface area contributed by atoms with Gasteiger partial charge < -0.3 is 15.0 Å². The van der Waals surface area contributed by atoms with Crippen molar-refractivity contribution in [2.45, 2.75) is 45.3 Å². The van der Waals surface area contributed by atoms with Crippen LogP contribution in [0, 0.1) is 11.8 Å². The van der Waals surface area contributed by atoms with E-state index in [1.54, 1.807) is 0 Å². The Labute approximate surface area is 189 Å². The summed E-state index contributed by atoms with van der Waals surface area (Å²) >= 11 is 0. The van der Waals surface area contributed by atoms with Crippen LogP contribution in [0.25, 0.3) is 6.08 Å². The van der Waals surface area contributed by atoms with E-state index in [9.17, 15) is 14.7 Å². The summed E-state index contributed by atoms with van der Waals surface area (Å²) in [6.45, 7) is 5.79. The minimum Gasteiger partial charge on any atom is -0.396 e. The van der Waals surface area contributed by atoms with E-state index in [0.29, 0.717) is 18.7 Å². The number of fused-ring (bicyclic) bond motifs is 3. The Balaban J connectivity index is 1.57. The zero-order valence-electron chi connectivity index (χ0n) is 18.9. The predicted molar refractivity (Wildman–Crippen MR) is 126 cm³/mol. The van der Waals surface area contributed by atoms with Crippen molar-refractivity contribution in [2.24, 2.45) is 11.8 Å². The van der Waals surface area contributed by atoms with Gasteiger partial charge in [0.25, 0.3) is 5.56 Å². The highest BCUT2D eigenvalue weighted by molar-refractivity contribution is 5.82. The van der Waals surface area contributed by atoms with Gasteiger partial charge in [-0.25, -0.2) is 0 Å². The molecule has 0 saturated carbocycles. The molecular weight excluding hydrogens is 402 g/mol. The van der Waals surface area contributed by atoms with Gasteiger partial charge in [0.1, 0.15) is 0 Å². The lowest BCUT2D eigenvalue weighted by Crippen LogP contribution is -2.49. The van der Waals surface area contributed by atoms with Crippen LogP contribution in [-0.4, -0.2) is 46.2 Å². The number of pyridine rings is 1. The third-order valence-corrected chi connectivity index (χ3v) is 6.87. The highest BCUT2D eigenvalue weighted by atomic mass is 16.3. The Morgan fingerprint density at radius 3 is 2.69 bits per heavy atom. The molecule has 6 heteroatoms. The Kier molecular flexibility index (Phi) is 6.92. The van der Waals surface area contributed by atoms with Crippen LogP contribution in [0.3, 0.4) is 0 Å². The van der Waals surface area contributed by atoms with Crippen LogP contribution in [0.5, 0.6) is 0 Å². The molecule has 2 N–H and O–H groups in total. The molecule has 1 aromatic heterocycles. The molecule has 2 aliphatic rings. The number of aliphatic hydroxyl groups excluding tert-OH is 1. The summed E-state index contributed by atoms with van der Waals surface area (Å²) in [5, 5.41) is 13.4. The highest BCUT2D eigenvalue weighted by Gasteiger charge is 2.55. The lowest BCUT2D eigenvalue weighted by molar-refractivity contribution is -0.127. The monoisotopic (exact) mass is 435 g/mol. The third-order valence-electron chi connectivity index (χ3n) is 6.87. The summed E-state index contributed by atoms with van der Waals surface area (Å²) in [6.07, 6.45) is 5.38. The second-order valence-corrected chi connectivity index (χ2v) is 8.79. The van der Waals surface area contributed by atoms with E-state index >= 15 is 0 Å². The summed E-state index contributed by atoms with van der Waals surface area (Å²) in [5.41, 5.74) is 2.83. The highest BCUT2D eigenvalue weighted by Crippen LogP contribution is 2.49. The minimum atomic E-state index is -0.384. The van der Waals surface area contributed by atoms with Gasteiger partial charge in [0.2, 0.25) is 5.91 Å². The van der Waals surface area contributed by atoms with E-state index in [-0.39, 0.29) is 42.0 Å². The number of aromatic nitrogens is 1. The quantitative estimate of drug-likeness (QED) is 0.669. The molecule has 0 aliphatic carbocycles. The average Bonchev–Trinajstić information content (AvgIpc) is 3.32. The molecule has 1 saturated heterocycles. The van der Waals surface area contributed by atoms with E-state index in [1.165, 1.54) is 5.56 Å². The molecule has 0 bridgehead atoms. The topological polar surface area (TPSA) is 74.6 Å². The zero-order chi connectivity index (χ0) is 22.7. The third kappa shape index (κ3) is 4.05. The van der Waals surface area contributed by atoms with E-state index in [4.69, 9.17) is 0 Å². The molecule has 32 heavy (non-hydrogen) atoms. The van der Waals surface area contributed by atoms with Crippen molar-refractivity contribution in [3.63, 3.8) is 0 Å². The Morgan fingerprint density at radius 1 is 1.22 bits per heavy atom. The minimum absolute atomic E-state index is 0.00648. The first-order valence-electron chi connectivity index (χ1n) is 11.6. The fraction of sp³-hybridized carbons (Fsp3) is 0.462. The lowest BCUT2D eigenvalue weighted by atomic mass is 9.88. The van der Waals surface area contributed by atoms with Crippen molar-refractivity contribution in [1.82, 2.24) is 14.8 Å². The van der Waals surface area contributed by atoms with Crippen molar-refractivity contribution < 1.29 is 9.90 Å². The number of nitrogens with one attached hydrogen (secondary N) is 1. The Hall–Kier alpha value is -2.70. The number of nitrogens with zero attached hydrogens (tertiary/aromatic N) is 2. The lowest BCUT2D eigenvalue weighted by Gasteiger charge is -2.30. The van der Waals surface area contributed by atoms with Crippen LogP contribution in [0.1, 0.15) is 43.1 Å². The molecule has 1 amide bonds. The summed E-state index contributed by atoms with van der Waals surface area (Å²) in [5.74, 6) is -0.181. The number of carbonyl (C=O) groups is 1. The average molecular weight is 436 g/mol. The van der Waals surface area contributed by atoms with Crippen LogP contribution < -0.4 is 10.9 Å². The van der Waals surface area contributed by atoms with Crippen LogP contribution in [0.4, 0.5) is 0 Å². The number of hydrogen-bond donors (Lipinski definition) is 2. The Bertz CT molecular complexity index is 1030. The molecule has 170 valence electrons. The predicted octanol–water partition coefficient (Wildman–Crippen LogP) is 2.61. The van der Waals surface area contributed by atoms with Crippen molar-refractivity contribution in [3.8, 4) is 0 Å². The number of allylic oxidation sites excluding steroid dienone is 1. The van der Waals surface area contributed by atoms with E-state index in [0.717, 1.165) is 25.1 Å². The molecule has 4 rings (SSSR count). The molecule has 1 fully saturated rings. The van der Waals surface area contributed by atoms with Crippen LogP contribution in [-0.2, 0) is 17.8 Å². The molecule has 6 nitrogen and oxygen atoms in total. The summed E-state index contributed by atoms with van der Waals surface area (Å²) in [6, 6.07) is 13.6. The van der Waals surface area contributed by atoms with Gasteiger partial charge in [-0.3, -0.25) is 14.5 Å². The van der Waals surface area contributed by atoms with Crippen LogP contribution in [0.2, 0.25) is 0 Å². The van der Waals surface area contributed by atoms with Gasteiger partial charge in [0.05, 0.1) is 12.1 Å². The van der Waals surface area contributed by atoms with Crippen molar-refractivity contribution in [2.75, 3.05) is 19.7 Å². The first kappa shape index (κ1) is 22.5. The maximum atomic E-state index is 13.3. The van der Waals surface area contributed by atoms with Crippen molar-refractivity contribution in [1.29, 1.82) is 0 Å². The van der Waals surface area contributed by atoms with E-state index in [1.807, 2.05) is 54.0 Å². The molecule has 2 aliphatic heterocycles. The van der Waals surface area contributed by atoms with Crippen LogP contribution in [0.15, 0.2) is 53.3 Å². The summed E-state index contributed by atoms with van der Waals surface area (Å²) in [4.78, 5) is 28.5. The molecule has 0 unspecified atom stereocenters. The van der Waals surface area contributed by atoms with Crippen LogP contribution >= 0.6 is 0 Å². The van der Waals surface area contributed by atoms with E-state index < -0.39 is 0 Å². The number of hydrogen-bond acceptors (Lipinski definition) is 4. The molecule has 4 atom stereocenters. The normalized spacial score (nSPS) is 24.6. The second-order valence-electron chi connectivity index (χ2n) is 8.79. The van der Waals surface area contributed by atoms with Crippen molar-refractivity contribution >= 4 is 12.0 Å². The van der Waals surface area contributed by atoms with Crippen molar-refractivity contribution in [3.05, 3.63) is 75.7 Å². The molecule has 0 radical (unpaired) electrons. The van der Waals surface area contributed by atoms with Gasteiger partial charge in [-0.1, -0.05) is 49.4 Å². The molecular formula is C26H33N3O3. The van der Waals surface area contributed by atoms with E-state index in [2.05, 4.69) is 29.3 Å². The fourth-order valence-corrected chi connectivity index (χ4v) is 5.53. The first-order valence-corrected chi connectivity index (χ1v) is 11.6. The number of likely N-dealkylation sites (tertiary alicyclic amines) is 1. The van der Waals surface area contributed by atoms with Gasteiger partial charge in [0, 0.05) is 42.8 Å². The number of benzene rings is 1. The van der Waals surface area contributed by atoms with Gasteiger partial charge >= 0.3 is 0 Å². The maximum Gasteiger partial charge on any atom is 0.258 e. The largest absolute Gasteiger partial charge is 0.396 e. The second kappa shape index (κ2) is 9.84.